The van der Waals surface area contributed by atoms with Crippen molar-refractivity contribution in [3.05, 3.63) is 34.1 Å². The summed E-state index contributed by atoms with van der Waals surface area (Å²) in [5, 5.41) is 10.7. The third-order valence-electron chi connectivity index (χ3n) is 2.55. The maximum Gasteiger partial charge on any atom is 0.292 e. The number of nitrogens with one attached hydrogen (secondary N) is 1. The van der Waals surface area contributed by atoms with E-state index in [0.717, 1.165) is 12.1 Å². The number of hydrogen-bond donors (Lipinski definition) is 2. The van der Waals surface area contributed by atoms with Crippen LogP contribution in [0.1, 0.15) is 6.42 Å². The van der Waals surface area contributed by atoms with Crippen LogP contribution in [-0.2, 0) is 10.0 Å². The van der Waals surface area contributed by atoms with Crippen molar-refractivity contribution in [1.82, 2.24) is 4.72 Å². The van der Waals surface area contributed by atoms with Crippen LogP contribution in [0.25, 0.3) is 0 Å². The van der Waals surface area contributed by atoms with Gasteiger partial charge in [0.05, 0.1) is 11.0 Å². The van der Waals surface area contributed by atoms with Crippen molar-refractivity contribution in [3.8, 4) is 0 Å². The molecule has 1 aromatic carbocycles. The smallest absolute Gasteiger partial charge is 0.292 e. The zero-order chi connectivity index (χ0) is 13.5. The first-order chi connectivity index (χ1) is 8.31. The number of halogens is 1. The SMILES string of the molecule is NC1CC1NS(=O)(=O)c1ccc(F)cc1[N+](=O)[O-]. The number of rotatable bonds is 4. The van der Waals surface area contributed by atoms with Crippen molar-refractivity contribution in [2.45, 2.75) is 23.4 Å². The molecule has 0 amide bonds. The van der Waals surface area contributed by atoms with Crippen molar-refractivity contribution in [3.63, 3.8) is 0 Å². The number of benzene rings is 1. The molecular formula is C9H10FN3O4S. The lowest BCUT2D eigenvalue weighted by Crippen LogP contribution is -2.30. The molecule has 7 nitrogen and oxygen atoms in total. The predicted octanol–water partition coefficient (Wildman–Crippen LogP) is 0.112. The van der Waals surface area contributed by atoms with Crippen molar-refractivity contribution in [1.29, 1.82) is 0 Å². The highest BCUT2D eigenvalue weighted by Crippen LogP contribution is 2.27. The molecule has 1 aliphatic rings. The molecule has 0 aliphatic heterocycles. The molecule has 0 bridgehead atoms. The predicted molar refractivity (Wildman–Crippen MR) is 59.8 cm³/mol. The van der Waals surface area contributed by atoms with E-state index in [1.807, 2.05) is 0 Å². The Morgan fingerprint density at radius 1 is 1.50 bits per heavy atom. The van der Waals surface area contributed by atoms with Gasteiger partial charge in [-0.05, 0) is 18.6 Å². The van der Waals surface area contributed by atoms with Crippen molar-refractivity contribution < 1.29 is 17.7 Å². The molecule has 18 heavy (non-hydrogen) atoms. The first kappa shape index (κ1) is 12.9. The molecule has 2 rings (SSSR count). The van der Waals surface area contributed by atoms with Crippen LogP contribution in [0.5, 0.6) is 0 Å². The molecule has 1 aliphatic carbocycles. The van der Waals surface area contributed by atoms with Crippen LogP contribution in [0, 0.1) is 15.9 Å². The van der Waals surface area contributed by atoms with Gasteiger partial charge in [-0.25, -0.2) is 17.5 Å². The van der Waals surface area contributed by atoms with Crippen LogP contribution in [-0.4, -0.2) is 25.4 Å². The fourth-order valence-corrected chi connectivity index (χ4v) is 2.93. The Bertz CT molecular complexity index is 604. The van der Waals surface area contributed by atoms with Gasteiger partial charge in [-0.1, -0.05) is 0 Å². The molecule has 2 atom stereocenters. The Labute approximate surface area is 102 Å². The lowest BCUT2D eigenvalue weighted by atomic mass is 10.3. The van der Waals surface area contributed by atoms with Gasteiger partial charge < -0.3 is 5.73 Å². The molecular weight excluding hydrogens is 265 g/mol. The first-order valence-electron chi connectivity index (χ1n) is 5.03. The molecule has 9 heteroatoms. The molecule has 1 fully saturated rings. The van der Waals surface area contributed by atoms with Gasteiger partial charge in [0.15, 0.2) is 4.90 Å². The normalized spacial score (nSPS) is 22.8. The Balaban J connectivity index is 2.40. The number of nitro benzene ring substituents is 1. The van der Waals surface area contributed by atoms with Crippen molar-refractivity contribution in [2.75, 3.05) is 0 Å². The summed E-state index contributed by atoms with van der Waals surface area (Å²) >= 11 is 0. The minimum absolute atomic E-state index is 0.278. The van der Waals surface area contributed by atoms with E-state index in [4.69, 9.17) is 5.73 Å². The standard InChI is InChI=1S/C9H10FN3O4S/c10-5-1-2-9(8(3-5)13(14)15)18(16,17)12-7-4-6(7)11/h1-3,6-7,12H,4,11H2. The third-order valence-corrected chi connectivity index (χ3v) is 4.09. The van der Waals surface area contributed by atoms with E-state index in [0.29, 0.717) is 12.5 Å². The number of hydrogen-bond acceptors (Lipinski definition) is 5. The summed E-state index contributed by atoms with van der Waals surface area (Å²) in [6.45, 7) is 0. The van der Waals surface area contributed by atoms with E-state index in [1.54, 1.807) is 0 Å². The first-order valence-corrected chi connectivity index (χ1v) is 6.51. The second-order valence-corrected chi connectivity index (χ2v) is 5.68. The van der Waals surface area contributed by atoms with Crippen LogP contribution in [0.15, 0.2) is 23.1 Å². The quantitative estimate of drug-likeness (QED) is 0.597. The second kappa shape index (κ2) is 4.26. The van der Waals surface area contributed by atoms with Gasteiger partial charge in [-0.15, -0.1) is 0 Å². The average Bonchev–Trinajstić information content (AvgIpc) is 2.92. The number of sulfonamides is 1. The van der Waals surface area contributed by atoms with Crippen LogP contribution in [0.3, 0.4) is 0 Å². The summed E-state index contributed by atoms with van der Waals surface area (Å²) in [5.74, 6) is -0.872. The van der Waals surface area contributed by atoms with Gasteiger partial charge in [0, 0.05) is 12.1 Å². The summed E-state index contributed by atoms with van der Waals surface area (Å²) in [7, 11) is -4.06. The molecule has 2 unspecified atom stereocenters. The van der Waals surface area contributed by atoms with Crippen LogP contribution >= 0.6 is 0 Å². The van der Waals surface area contributed by atoms with Gasteiger partial charge in [0.1, 0.15) is 5.82 Å². The summed E-state index contributed by atoms with van der Waals surface area (Å²) in [6, 6.07) is 1.60. The molecule has 0 heterocycles. The van der Waals surface area contributed by atoms with E-state index in [-0.39, 0.29) is 6.04 Å². The lowest BCUT2D eigenvalue weighted by Gasteiger charge is -2.06. The van der Waals surface area contributed by atoms with Crippen LogP contribution in [0.2, 0.25) is 0 Å². The Morgan fingerprint density at radius 2 is 2.11 bits per heavy atom. The maximum absolute atomic E-state index is 12.9. The highest BCUT2D eigenvalue weighted by molar-refractivity contribution is 7.89. The summed E-state index contributed by atoms with van der Waals surface area (Å²) in [6.07, 6.45) is 0.480. The monoisotopic (exact) mass is 275 g/mol. The summed E-state index contributed by atoms with van der Waals surface area (Å²) < 4.78 is 38.9. The molecule has 3 N–H and O–H groups in total. The zero-order valence-electron chi connectivity index (χ0n) is 9.04. The fourth-order valence-electron chi connectivity index (χ4n) is 1.47. The van der Waals surface area contributed by atoms with Crippen molar-refractivity contribution in [2.24, 2.45) is 5.73 Å². The largest absolute Gasteiger partial charge is 0.326 e. The maximum atomic E-state index is 12.9. The van der Waals surface area contributed by atoms with E-state index in [2.05, 4.69) is 4.72 Å². The zero-order valence-corrected chi connectivity index (χ0v) is 9.85. The fraction of sp³-hybridized carbons (Fsp3) is 0.333. The highest BCUT2D eigenvalue weighted by Gasteiger charge is 2.39. The number of nitrogens with zero attached hydrogens (tertiary/aromatic N) is 1. The number of nitrogens with two attached hydrogens (primary N) is 1. The molecule has 0 spiro atoms. The molecule has 1 aromatic rings. The van der Waals surface area contributed by atoms with E-state index >= 15 is 0 Å². The second-order valence-electron chi connectivity index (χ2n) is 4.00. The Hall–Kier alpha value is -1.58. The highest BCUT2D eigenvalue weighted by atomic mass is 32.2. The van der Waals surface area contributed by atoms with Gasteiger partial charge in [0.2, 0.25) is 10.0 Å². The molecule has 98 valence electrons. The van der Waals surface area contributed by atoms with Crippen LogP contribution < -0.4 is 10.5 Å². The van der Waals surface area contributed by atoms with Crippen LogP contribution in [0.4, 0.5) is 10.1 Å². The van der Waals surface area contributed by atoms with E-state index in [1.165, 1.54) is 0 Å². The molecule has 1 saturated carbocycles. The molecule has 0 radical (unpaired) electrons. The van der Waals surface area contributed by atoms with Gasteiger partial charge in [-0.3, -0.25) is 10.1 Å². The topological polar surface area (TPSA) is 115 Å². The number of nitro groups is 1. The van der Waals surface area contributed by atoms with E-state index < -0.39 is 37.4 Å². The summed E-state index contributed by atoms with van der Waals surface area (Å²) in [4.78, 5) is 9.21. The molecule has 0 saturated heterocycles. The van der Waals surface area contributed by atoms with Gasteiger partial charge in [-0.2, -0.15) is 0 Å². The minimum atomic E-state index is -4.06. The van der Waals surface area contributed by atoms with Gasteiger partial charge in [0.25, 0.3) is 5.69 Å². The third kappa shape index (κ3) is 2.47. The van der Waals surface area contributed by atoms with Crippen molar-refractivity contribution >= 4 is 15.7 Å². The Morgan fingerprint density at radius 3 is 2.61 bits per heavy atom. The Kier molecular flexibility index (Phi) is 3.05. The average molecular weight is 275 g/mol. The van der Waals surface area contributed by atoms with Gasteiger partial charge >= 0.3 is 0 Å². The lowest BCUT2D eigenvalue weighted by molar-refractivity contribution is -0.388. The molecule has 0 aromatic heterocycles. The summed E-state index contributed by atoms with van der Waals surface area (Å²) in [5.41, 5.74) is 4.66. The minimum Gasteiger partial charge on any atom is -0.326 e. The van der Waals surface area contributed by atoms with E-state index in [9.17, 15) is 22.9 Å².